The number of rotatable bonds is 5. The highest BCUT2D eigenvalue weighted by Crippen LogP contribution is 2.22. The van der Waals surface area contributed by atoms with Gasteiger partial charge in [-0.2, -0.15) is 9.29 Å². The number of hydrogen-bond acceptors (Lipinski definition) is 5. The molecule has 0 unspecified atom stereocenters. The van der Waals surface area contributed by atoms with Gasteiger partial charge in [0.25, 0.3) is 0 Å². The van der Waals surface area contributed by atoms with Gasteiger partial charge >= 0.3 is 0 Å². The van der Waals surface area contributed by atoms with Crippen molar-refractivity contribution >= 4 is 10.0 Å². The Kier molecular flexibility index (Phi) is 4.69. The molecule has 0 bridgehead atoms. The molecule has 0 saturated carbocycles. The van der Waals surface area contributed by atoms with Gasteiger partial charge in [0.15, 0.2) is 0 Å². The van der Waals surface area contributed by atoms with Crippen molar-refractivity contribution in [3.05, 3.63) is 65.5 Å². The number of aryl methyl sites for hydroxylation is 2. The van der Waals surface area contributed by atoms with Gasteiger partial charge in [0.2, 0.25) is 21.7 Å². The zero-order valence-corrected chi connectivity index (χ0v) is 15.1. The zero-order valence-electron chi connectivity index (χ0n) is 14.3. The predicted octanol–water partition coefficient (Wildman–Crippen LogP) is 3.17. The summed E-state index contributed by atoms with van der Waals surface area (Å²) in [6.07, 6.45) is 0. The molecule has 25 heavy (non-hydrogen) atoms. The molecule has 0 aliphatic heterocycles. The standard InChI is InChI=1S/C18H19N3O3S/c1-13-9-10-14(2)16(11-13)25(22,23)21(3)12-17-19-18(20-24-17)15-7-5-4-6-8-15/h4-11H,12H2,1-3H3. The van der Waals surface area contributed by atoms with Crippen molar-refractivity contribution in [1.82, 2.24) is 14.4 Å². The molecule has 0 N–H and O–H groups in total. The fourth-order valence-corrected chi connectivity index (χ4v) is 3.88. The number of aromatic nitrogens is 2. The number of hydrogen-bond donors (Lipinski definition) is 0. The van der Waals surface area contributed by atoms with Crippen molar-refractivity contribution in [2.24, 2.45) is 0 Å². The van der Waals surface area contributed by atoms with Crippen molar-refractivity contribution in [3.8, 4) is 11.4 Å². The first-order chi connectivity index (χ1) is 11.9. The first-order valence-corrected chi connectivity index (χ1v) is 9.23. The lowest BCUT2D eigenvalue weighted by Gasteiger charge is -2.17. The molecule has 0 saturated heterocycles. The van der Waals surface area contributed by atoms with Crippen molar-refractivity contribution in [2.75, 3.05) is 7.05 Å². The van der Waals surface area contributed by atoms with E-state index in [0.29, 0.717) is 11.4 Å². The Labute approximate surface area is 147 Å². The molecule has 0 amide bonds. The van der Waals surface area contributed by atoms with Gasteiger partial charge in [-0.05, 0) is 31.0 Å². The molecule has 7 heteroatoms. The molecular weight excluding hydrogens is 338 g/mol. The Morgan fingerprint density at radius 3 is 2.52 bits per heavy atom. The number of sulfonamides is 1. The summed E-state index contributed by atoms with van der Waals surface area (Å²) >= 11 is 0. The lowest BCUT2D eigenvalue weighted by molar-refractivity contribution is 0.336. The molecule has 1 heterocycles. The Hall–Kier alpha value is -2.51. The molecule has 130 valence electrons. The molecule has 0 radical (unpaired) electrons. The minimum atomic E-state index is -3.64. The summed E-state index contributed by atoms with van der Waals surface area (Å²) in [4.78, 5) is 4.57. The van der Waals surface area contributed by atoms with E-state index in [0.717, 1.165) is 11.1 Å². The molecule has 0 fully saturated rings. The maximum absolute atomic E-state index is 12.8. The van der Waals surface area contributed by atoms with Crippen LogP contribution in [0.1, 0.15) is 17.0 Å². The van der Waals surface area contributed by atoms with E-state index >= 15 is 0 Å². The van der Waals surface area contributed by atoms with Gasteiger partial charge in [-0.1, -0.05) is 47.6 Å². The number of nitrogens with zero attached hydrogens (tertiary/aromatic N) is 3. The average Bonchev–Trinajstić information content (AvgIpc) is 3.06. The topological polar surface area (TPSA) is 76.3 Å². The first kappa shape index (κ1) is 17.3. The molecule has 1 aromatic heterocycles. The SMILES string of the molecule is Cc1ccc(C)c(S(=O)(=O)N(C)Cc2nc(-c3ccccc3)no2)c1. The van der Waals surface area contributed by atoms with E-state index in [1.807, 2.05) is 43.3 Å². The van der Waals surface area contributed by atoms with E-state index < -0.39 is 10.0 Å². The summed E-state index contributed by atoms with van der Waals surface area (Å²) in [7, 11) is -2.14. The van der Waals surface area contributed by atoms with Crippen LogP contribution in [0.4, 0.5) is 0 Å². The third-order valence-corrected chi connectivity index (χ3v) is 5.84. The van der Waals surface area contributed by atoms with Gasteiger partial charge < -0.3 is 4.52 Å². The van der Waals surface area contributed by atoms with Crippen molar-refractivity contribution in [3.63, 3.8) is 0 Å². The van der Waals surface area contributed by atoms with Crippen molar-refractivity contribution in [2.45, 2.75) is 25.3 Å². The first-order valence-electron chi connectivity index (χ1n) is 7.79. The lowest BCUT2D eigenvalue weighted by atomic mass is 10.2. The molecule has 0 atom stereocenters. The normalized spacial score (nSPS) is 11.8. The lowest BCUT2D eigenvalue weighted by Crippen LogP contribution is -2.27. The highest BCUT2D eigenvalue weighted by atomic mass is 32.2. The van der Waals surface area contributed by atoms with Crippen LogP contribution in [-0.4, -0.2) is 29.9 Å². The van der Waals surface area contributed by atoms with E-state index in [9.17, 15) is 8.42 Å². The van der Waals surface area contributed by atoms with Crippen LogP contribution in [0.3, 0.4) is 0 Å². The van der Waals surface area contributed by atoms with Crippen LogP contribution in [0.2, 0.25) is 0 Å². The number of benzene rings is 2. The van der Waals surface area contributed by atoms with Crippen molar-refractivity contribution < 1.29 is 12.9 Å². The monoisotopic (exact) mass is 357 g/mol. The summed E-state index contributed by atoms with van der Waals surface area (Å²) in [6, 6.07) is 14.7. The van der Waals surface area contributed by atoms with E-state index in [1.165, 1.54) is 11.4 Å². The van der Waals surface area contributed by atoms with Crippen LogP contribution in [0.5, 0.6) is 0 Å². The second kappa shape index (κ2) is 6.78. The summed E-state index contributed by atoms with van der Waals surface area (Å²) in [6.45, 7) is 3.65. The molecule has 3 aromatic rings. The third kappa shape index (κ3) is 3.62. The van der Waals surface area contributed by atoms with Gasteiger partial charge in [-0.3, -0.25) is 0 Å². The largest absolute Gasteiger partial charge is 0.338 e. The van der Waals surface area contributed by atoms with Crippen LogP contribution in [0, 0.1) is 13.8 Å². The van der Waals surface area contributed by atoms with Crippen LogP contribution in [0.15, 0.2) is 57.9 Å². The van der Waals surface area contributed by atoms with Gasteiger partial charge in [-0.15, -0.1) is 0 Å². The summed E-state index contributed by atoms with van der Waals surface area (Å²) in [5, 5.41) is 3.92. The summed E-state index contributed by atoms with van der Waals surface area (Å²) in [5.74, 6) is 0.684. The Bertz CT molecular complexity index is 982. The van der Waals surface area contributed by atoms with E-state index in [1.54, 1.807) is 19.1 Å². The average molecular weight is 357 g/mol. The maximum Gasteiger partial charge on any atom is 0.243 e. The highest BCUT2D eigenvalue weighted by Gasteiger charge is 2.25. The van der Waals surface area contributed by atoms with Crippen LogP contribution in [-0.2, 0) is 16.6 Å². The maximum atomic E-state index is 12.8. The molecule has 0 aliphatic rings. The minimum absolute atomic E-state index is 0.00947. The second-order valence-electron chi connectivity index (χ2n) is 5.91. The Balaban J connectivity index is 1.83. The van der Waals surface area contributed by atoms with Crippen LogP contribution in [0.25, 0.3) is 11.4 Å². The highest BCUT2D eigenvalue weighted by molar-refractivity contribution is 7.89. The third-order valence-electron chi connectivity index (χ3n) is 3.89. The minimum Gasteiger partial charge on any atom is -0.338 e. The van der Waals surface area contributed by atoms with E-state index in [2.05, 4.69) is 10.1 Å². The van der Waals surface area contributed by atoms with Crippen LogP contribution >= 0.6 is 0 Å². The van der Waals surface area contributed by atoms with Gasteiger partial charge in [-0.25, -0.2) is 8.42 Å². The van der Waals surface area contributed by atoms with E-state index in [-0.39, 0.29) is 17.3 Å². The second-order valence-corrected chi connectivity index (χ2v) is 7.92. The van der Waals surface area contributed by atoms with Gasteiger partial charge in [0.1, 0.15) is 0 Å². The molecule has 6 nitrogen and oxygen atoms in total. The molecule has 3 rings (SSSR count). The van der Waals surface area contributed by atoms with E-state index in [4.69, 9.17) is 4.52 Å². The predicted molar refractivity (Wildman–Crippen MR) is 94.3 cm³/mol. The Morgan fingerprint density at radius 2 is 1.80 bits per heavy atom. The zero-order chi connectivity index (χ0) is 18.0. The molecule has 0 aliphatic carbocycles. The van der Waals surface area contributed by atoms with Crippen molar-refractivity contribution in [1.29, 1.82) is 0 Å². The summed E-state index contributed by atoms with van der Waals surface area (Å²) in [5.41, 5.74) is 2.41. The molecule has 2 aromatic carbocycles. The van der Waals surface area contributed by atoms with Gasteiger partial charge in [0.05, 0.1) is 11.4 Å². The van der Waals surface area contributed by atoms with Crippen LogP contribution < -0.4 is 0 Å². The fourth-order valence-electron chi connectivity index (χ4n) is 2.45. The summed E-state index contributed by atoms with van der Waals surface area (Å²) < 4.78 is 32.1. The molecular formula is C18H19N3O3S. The Morgan fingerprint density at radius 1 is 1.08 bits per heavy atom. The fraction of sp³-hybridized carbons (Fsp3) is 0.222. The van der Waals surface area contributed by atoms with Gasteiger partial charge in [0, 0.05) is 12.6 Å². The molecule has 0 spiro atoms. The quantitative estimate of drug-likeness (QED) is 0.701. The smallest absolute Gasteiger partial charge is 0.243 e.